The van der Waals surface area contributed by atoms with Gasteiger partial charge in [-0.1, -0.05) is 17.7 Å². The van der Waals surface area contributed by atoms with Crippen LogP contribution in [0.3, 0.4) is 0 Å². The molecule has 0 saturated heterocycles. The standard InChI is InChI=1S/C13H16N2O4/c1-3-15(8-11(16)17)13(19)12(18)14-10-6-4-9(2)5-7-10/h4-7H,3,8H2,1-2H3,(H,14,18)(H,16,17). The molecule has 0 spiro atoms. The Morgan fingerprint density at radius 2 is 1.79 bits per heavy atom. The number of hydrogen-bond donors (Lipinski definition) is 2. The van der Waals surface area contributed by atoms with Gasteiger partial charge in [0.25, 0.3) is 0 Å². The molecular weight excluding hydrogens is 248 g/mol. The minimum Gasteiger partial charge on any atom is -0.480 e. The number of aliphatic carboxylic acids is 1. The van der Waals surface area contributed by atoms with E-state index in [4.69, 9.17) is 5.11 Å². The van der Waals surface area contributed by atoms with Crippen LogP contribution >= 0.6 is 0 Å². The highest BCUT2D eigenvalue weighted by molar-refractivity contribution is 6.39. The highest BCUT2D eigenvalue weighted by Gasteiger charge is 2.22. The highest BCUT2D eigenvalue weighted by Crippen LogP contribution is 2.08. The Hall–Kier alpha value is -2.37. The van der Waals surface area contributed by atoms with Crippen LogP contribution in [0, 0.1) is 6.92 Å². The van der Waals surface area contributed by atoms with Crippen LogP contribution in [-0.2, 0) is 14.4 Å². The number of likely N-dealkylation sites (N-methyl/N-ethyl adjacent to an activating group) is 1. The van der Waals surface area contributed by atoms with Crippen molar-refractivity contribution in [2.24, 2.45) is 0 Å². The van der Waals surface area contributed by atoms with E-state index >= 15 is 0 Å². The van der Waals surface area contributed by atoms with Crippen LogP contribution in [0.2, 0.25) is 0 Å². The topological polar surface area (TPSA) is 86.7 Å². The second-order valence-corrected chi connectivity index (χ2v) is 4.03. The minimum atomic E-state index is -1.15. The van der Waals surface area contributed by atoms with E-state index in [-0.39, 0.29) is 6.54 Å². The summed E-state index contributed by atoms with van der Waals surface area (Å²) in [5, 5.41) is 11.1. The number of rotatable bonds is 4. The zero-order valence-electron chi connectivity index (χ0n) is 10.8. The molecule has 0 aliphatic rings. The van der Waals surface area contributed by atoms with Crippen LogP contribution < -0.4 is 5.32 Å². The molecule has 0 fully saturated rings. The number of nitrogens with zero attached hydrogens (tertiary/aromatic N) is 1. The fourth-order valence-corrected chi connectivity index (χ4v) is 1.46. The molecule has 19 heavy (non-hydrogen) atoms. The van der Waals surface area contributed by atoms with E-state index in [1.807, 2.05) is 6.92 Å². The minimum absolute atomic E-state index is 0.159. The molecule has 0 aliphatic carbocycles. The number of carboxylic acids is 1. The van der Waals surface area contributed by atoms with Crippen molar-refractivity contribution in [3.05, 3.63) is 29.8 Å². The van der Waals surface area contributed by atoms with Crippen molar-refractivity contribution in [1.29, 1.82) is 0 Å². The summed E-state index contributed by atoms with van der Waals surface area (Å²) in [5.41, 5.74) is 1.53. The van der Waals surface area contributed by atoms with Crippen LogP contribution in [0.25, 0.3) is 0 Å². The molecule has 0 bridgehead atoms. The van der Waals surface area contributed by atoms with Gasteiger partial charge in [-0.2, -0.15) is 0 Å². The summed E-state index contributed by atoms with van der Waals surface area (Å²) in [6.45, 7) is 3.19. The number of anilines is 1. The maximum atomic E-state index is 11.7. The zero-order valence-corrected chi connectivity index (χ0v) is 10.8. The highest BCUT2D eigenvalue weighted by atomic mass is 16.4. The Morgan fingerprint density at radius 3 is 2.26 bits per heavy atom. The Morgan fingerprint density at radius 1 is 1.21 bits per heavy atom. The van der Waals surface area contributed by atoms with Crippen LogP contribution in [0.4, 0.5) is 5.69 Å². The first-order valence-corrected chi connectivity index (χ1v) is 5.82. The van der Waals surface area contributed by atoms with Gasteiger partial charge in [0.1, 0.15) is 6.54 Å². The van der Waals surface area contributed by atoms with Gasteiger partial charge in [-0.15, -0.1) is 0 Å². The first-order chi connectivity index (χ1) is 8.93. The predicted molar refractivity (Wildman–Crippen MR) is 69.7 cm³/mol. The van der Waals surface area contributed by atoms with Gasteiger partial charge >= 0.3 is 17.8 Å². The summed E-state index contributed by atoms with van der Waals surface area (Å²) < 4.78 is 0. The molecule has 1 rings (SSSR count). The molecule has 2 N–H and O–H groups in total. The normalized spacial score (nSPS) is 9.79. The van der Waals surface area contributed by atoms with Crippen molar-refractivity contribution >= 4 is 23.5 Å². The molecule has 102 valence electrons. The van der Waals surface area contributed by atoms with Gasteiger partial charge in [0, 0.05) is 12.2 Å². The number of carbonyl (C=O) groups is 3. The lowest BCUT2D eigenvalue weighted by molar-refractivity contribution is -0.148. The third kappa shape index (κ3) is 4.42. The number of hydrogen-bond acceptors (Lipinski definition) is 3. The van der Waals surface area contributed by atoms with E-state index in [1.54, 1.807) is 31.2 Å². The molecule has 0 saturated carbocycles. The Labute approximate surface area is 111 Å². The zero-order chi connectivity index (χ0) is 14.4. The van der Waals surface area contributed by atoms with Crippen molar-refractivity contribution < 1.29 is 19.5 Å². The van der Waals surface area contributed by atoms with Gasteiger partial charge < -0.3 is 15.3 Å². The molecule has 1 aromatic rings. The maximum absolute atomic E-state index is 11.7. The van der Waals surface area contributed by atoms with Crippen molar-refractivity contribution in [1.82, 2.24) is 4.90 Å². The summed E-state index contributed by atoms with van der Waals surface area (Å²) in [6.07, 6.45) is 0. The summed E-state index contributed by atoms with van der Waals surface area (Å²) in [6, 6.07) is 6.95. The summed E-state index contributed by atoms with van der Waals surface area (Å²) in [7, 11) is 0. The first kappa shape index (κ1) is 14.7. The number of amides is 2. The molecule has 6 heteroatoms. The third-order valence-electron chi connectivity index (χ3n) is 2.50. The average Bonchev–Trinajstić information content (AvgIpc) is 2.37. The fraction of sp³-hybridized carbons (Fsp3) is 0.308. The molecule has 0 atom stereocenters. The average molecular weight is 264 g/mol. The fourth-order valence-electron chi connectivity index (χ4n) is 1.46. The molecule has 2 amide bonds. The quantitative estimate of drug-likeness (QED) is 0.790. The molecule has 0 unspecified atom stereocenters. The van der Waals surface area contributed by atoms with Crippen LogP contribution in [0.5, 0.6) is 0 Å². The lowest BCUT2D eigenvalue weighted by Gasteiger charge is -2.17. The first-order valence-electron chi connectivity index (χ1n) is 5.82. The van der Waals surface area contributed by atoms with Crippen LogP contribution in [0.15, 0.2) is 24.3 Å². The second-order valence-electron chi connectivity index (χ2n) is 4.03. The van der Waals surface area contributed by atoms with Gasteiger partial charge in [-0.3, -0.25) is 14.4 Å². The molecule has 0 heterocycles. The monoisotopic (exact) mass is 264 g/mol. The number of benzene rings is 1. The summed E-state index contributed by atoms with van der Waals surface area (Å²) in [5.74, 6) is -2.85. The van der Waals surface area contributed by atoms with E-state index in [1.165, 1.54) is 0 Å². The number of carboxylic acid groups (broad SMARTS) is 1. The van der Waals surface area contributed by atoms with E-state index in [0.29, 0.717) is 5.69 Å². The largest absolute Gasteiger partial charge is 0.480 e. The third-order valence-corrected chi connectivity index (χ3v) is 2.50. The molecule has 0 radical (unpaired) electrons. The number of carbonyl (C=O) groups excluding carboxylic acids is 2. The second kappa shape index (κ2) is 6.53. The number of aryl methyl sites for hydroxylation is 1. The lowest BCUT2D eigenvalue weighted by Crippen LogP contribution is -2.42. The smallest absolute Gasteiger partial charge is 0.323 e. The molecular formula is C13H16N2O4. The Bertz CT molecular complexity index is 482. The van der Waals surface area contributed by atoms with E-state index in [9.17, 15) is 14.4 Å². The van der Waals surface area contributed by atoms with E-state index in [0.717, 1.165) is 10.5 Å². The van der Waals surface area contributed by atoms with Crippen molar-refractivity contribution in [3.8, 4) is 0 Å². The van der Waals surface area contributed by atoms with Crippen molar-refractivity contribution in [3.63, 3.8) is 0 Å². The molecule has 0 aliphatic heterocycles. The predicted octanol–water partition coefficient (Wildman–Crippen LogP) is 0.867. The Kier molecular flexibility index (Phi) is 5.05. The molecule has 1 aromatic carbocycles. The van der Waals surface area contributed by atoms with Gasteiger partial charge in [-0.25, -0.2) is 0 Å². The molecule has 6 nitrogen and oxygen atoms in total. The van der Waals surface area contributed by atoms with E-state index < -0.39 is 24.3 Å². The van der Waals surface area contributed by atoms with Gasteiger partial charge in [0.05, 0.1) is 0 Å². The lowest BCUT2D eigenvalue weighted by atomic mass is 10.2. The van der Waals surface area contributed by atoms with Crippen LogP contribution in [0.1, 0.15) is 12.5 Å². The SMILES string of the molecule is CCN(CC(=O)O)C(=O)C(=O)Nc1ccc(C)cc1. The van der Waals surface area contributed by atoms with Crippen molar-refractivity contribution in [2.45, 2.75) is 13.8 Å². The number of nitrogens with one attached hydrogen (secondary N) is 1. The van der Waals surface area contributed by atoms with Gasteiger partial charge in [0.15, 0.2) is 0 Å². The van der Waals surface area contributed by atoms with Crippen LogP contribution in [-0.4, -0.2) is 40.9 Å². The summed E-state index contributed by atoms with van der Waals surface area (Å²) in [4.78, 5) is 34.9. The maximum Gasteiger partial charge on any atom is 0.323 e. The van der Waals surface area contributed by atoms with E-state index in [2.05, 4.69) is 5.32 Å². The molecule has 0 aromatic heterocycles. The van der Waals surface area contributed by atoms with Gasteiger partial charge in [-0.05, 0) is 26.0 Å². The van der Waals surface area contributed by atoms with Crippen molar-refractivity contribution in [2.75, 3.05) is 18.4 Å². The Balaban J connectivity index is 2.68. The van der Waals surface area contributed by atoms with Gasteiger partial charge in [0.2, 0.25) is 0 Å². The summed E-state index contributed by atoms with van der Waals surface area (Å²) >= 11 is 0.